The number of carbonyl (C=O) groups is 2. The lowest BCUT2D eigenvalue weighted by Crippen LogP contribution is -2.21. The molecule has 3 rings (SSSR count). The number of rotatable bonds is 7. The lowest BCUT2D eigenvalue weighted by molar-refractivity contribution is -0.119. The smallest absolute Gasteiger partial charge is 0.358 e. The van der Waals surface area contributed by atoms with Crippen molar-refractivity contribution in [2.45, 2.75) is 6.92 Å². The van der Waals surface area contributed by atoms with Gasteiger partial charge in [0.1, 0.15) is 10.8 Å². The highest BCUT2D eigenvalue weighted by atomic mass is 32.1. The van der Waals surface area contributed by atoms with Gasteiger partial charge in [-0.25, -0.2) is 9.78 Å². The Balaban J connectivity index is 1.50. The van der Waals surface area contributed by atoms with Crippen molar-refractivity contribution in [1.29, 1.82) is 0 Å². The molecule has 6 nitrogen and oxygen atoms in total. The number of amides is 1. The molecule has 8 heteroatoms. The van der Waals surface area contributed by atoms with Crippen LogP contribution >= 0.6 is 22.7 Å². The molecule has 1 amide bonds. The summed E-state index contributed by atoms with van der Waals surface area (Å²) in [5, 5.41) is 6.98. The minimum absolute atomic E-state index is 0.201. The van der Waals surface area contributed by atoms with E-state index in [2.05, 4.69) is 10.3 Å². The van der Waals surface area contributed by atoms with Crippen molar-refractivity contribution in [2.75, 3.05) is 18.5 Å². The van der Waals surface area contributed by atoms with Crippen LogP contribution in [-0.2, 0) is 9.53 Å². The van der Waals surface area contributed by atoms with Crippen molar-refractivity contribution in [3.63, 3.8) is 0 Å². The Labute approximate surface area is 158 Å². The van der Waals surface area contributed by atoms with Crippen LogP contribution in [0, 0.1) is 0 Å². The Kier molecular flexibility index (Phi) is 5.98. The number of carbonyl (C=O) groups excluding carboxylic acids is 2. The van der Waals surface area contributed by atoms with E-state index in [1.807, 2.05) is 24.4 Å². The first kappa shape index (κ1) is 18.1. The molecule has 0 bridgehead atoms. The SMILES string of the molecule is CCOc1ccc(NC(=O)COC(=O)c2csc(-c3cccs3)n2)cc1. The molecule has 0 aliphatic heterocycles. The fourth-order valence-corrected chi connectivity index (χ4v) is 3.69. The molecule has 0 radical (unpaired) electrons. The number of nitrogens with zero attached hydrogens (tertiary/aromatic N) is 1. The molecule has 2 heterocycles. The van der Waals surface area contributed by atoms with E-state index in [0.717, 1.165) is 15.6 Å². The Morgan fingerprint density at radius 3 is 2.65 bits per heavy atom. The topological polar surface area (TPSA) is 77.5 Å². The van der Waals surface area contributed by atoms with Crippen LogP contribution in [0.3, 0.4) is 0 Å². The van der Waals surface area contributed by atoms with Crippen molar-refractivity contribution < 1.29 is 19.1 Å². The van der Waals surface area contributed by atoms with Crippen LogP contribution in [0.4, 0.5) is 5.69 Å². The zero-order valence-electron chi connectivity index (χ0n) is 13.9. The summed E-state index contributed by atoms with van der Waals surface area (Å²) in [5.74, 6) is -0.316. The molecule has 2 aromatic heterocycles. The van der Waals surface area contributed by atoms with Gasteiger partial charge in [-0.05, 0) is 42.6 Å². The van der Waals surface area contributed by atoms with E-state index in [0.29, 0.717) is 12.3 Å². The van der Waals surface area contributed by atoms with Gasteiger partial charge in [0.15, 0.2) is 12.3 Å². The number of hydrogen-bond acceptors (Lipinski definition) is 7. The van der Waals surface area contributed by atoms with Crippen molar-refractivity contribution in [3.8, 4) is 15.6 Å². The number of benzene rings is 1. The summed E-state index contributed by atoms with van der Waals surface area (Å²) in [7, 11) is 0. The maximum absolute atomic E-state index is 12.0. The predicted molar refractivity (Wildman–Crippen MR) is 102 cm³/mol. The molecule has 0 saturated carbocycles. The number of esters is 1. The average Bonchev–Trinajstić information content (AvgIpc) is 3.33. The number of hydrogen-bond donors (Lipinski definition) is 1. The van der Waals surface area contributed by atoms with Crippen molar-refractivity contribution in [3.05, 3.63) is 52.9 Å². The van der Waals surface area contributed by atoms with Crippen LogP contribution < -0.4 is 10.1 Å². The van der Waals surface area contributed by atoms with E-state index < -0.39 is 11.9 Å². The van der Waals surface area contributed by atoms with E-state index in [1.165, 1.54) is 11.3 Å². The number of thiazole rings is 1. The van der Waals surface area contributed by atoms with Gasteiger partial charge in [0, 0.05) is 11.1 Å². The van der Waals surface area contributed by atoms with Crippen LogP contribution in [-0.4, -0.2) is 30.1 Å². The first-order valence-electron chi connectivity index (χ1n) is 7.85. The standard InChI is InChI=1S/C18H16N2O4S2/c1-2-23-13-7-5-12(6-8-13)19-16(21)10-24-18(22)14-11-26-17(20-14)15-4-3-9-25-15/h3-9,11H,2,10H2,1H3,(H,19,21). The minimum Gasteiger partial charge on any atom is -0.494 e. The lowest BCUT2D eigenvalue weighted by atomic mass is 10.3. The molecule has 134 valence electrons. The molecule has 0 aliphatic carbocycles. The fraction of sp³-hybridized carbons (Fsp3) is 0.167. The van der Waals surface area contributed by atoms with Crippen LogP contribution in [0.25, 0.3) is 9.88 Å². The highest BCUT2D eigenvalue weighted by molar-refractivity contribution is 7.20. The molecule has 1 N–H and O–H groups in total. The van der Waals surface area contributed by atoms with Gasteiger partial charge >= 0.3 is 5.97 Å². The van der Waals surface area contributed by atoms with E-state index in [4.69, 9.17) is 9.47 Å². The first-order chi connectivity index (χ1) is 12.7. The molecule has 3 aromatic rings. The van der Waals surface area contributed by atoms with Gasteiger partial charge in [-0.3, -0.25) is 4.79 Å². The summed E-state index contributed by atoms with van der Waals surface area (Å²) >= 11 is 2.91. The second-order valence-electron chi connectivity index (χ2n) is 5.10. The summed E-state index contributed by atoms with van der Waals surface area (Å²) in [5.41, 5.74) is 0.801. The van der Waals surface area contributed by atoms with E-state index in [1.54, 1.807) is 41.0 Å². The Morgan fingerprint density at radius 2 is 1.96 bits per heavy atom. The zero-order valence-corrected chi connectivity index (χ0v) is 15.6. The Hall–Kier alpha value is -2.71. The number of anilines is 1. The van der Waals surface area contributed by atoms with E-state index in [9.17, 15) is 9.59 Å². The maximum Gasteiger partial charge on any atom is 0.358 e. The van der Waals surface area contributed by atoms with E-state index >= 15 is 0 Å². The molecule has 0 spiro atoms. The third-order valence-electron chi connectivity index (χ3n) is 3.23. The number of aromatic nitrogens is 1. The molecule has 0 unspecified atom stereocenters. The van der Waals surface area contributed by atoms with Crippen molar-refractivity contribution in [2.24, 2.45) is 0 Å². The second kappa shape index (κ2) is 8.59. The van der Waals surface area contributed by atoms with Gasteiger partial charge in [0.05, 0.1) is 11.5 Å². The molecule has 0 aliphatic rings. The summed E-state index contributed by atoms with van der Waals surface area (Å²) in [6.45, 7) is 2.10. The molecular formula is C18H16N2O4S2. The molecule has 0 atom stereocenters. The maximum atomic E-state index is 12.0. The average molecular weight is 388 g/mol. The summed E-state index contributed by atoms with van der Waals surface area (Å²) in [4.78, 5) is 29.2. The van der Waals surface area contributed by atoms with Gasteiger partial charge in [-0.1, -0.05) is 6.07 Å². The highest BCUT2D eigenvalue weighted by Gasteiger charge is 2.15. The Morgan fingerprint density at radius 1 is 1.15 bits per heavy atom. The highest BCUT2D eigenvalue weighted by Crippen LogP contribution is 2.27. The van der Waals surface area contributed by atoms with Gasteiger partial charge in [-0.2, -0.15) is 0 Å². The van der Waals surface area contributed by atoms with Crippen LogP contribution in [0.15, 0.2) is 47.2 Å². The predicted octanol–water partition coefficient (Wildman–Crippen LogP) is 4.07. The molecular weight excluding hydrogens is 372 g/mol. The number of nitrogens with one attached hydrogen (secondary N) is 1. The molecule has 0 fully saturated rings. The second-order valence-corrected chi connectivity index (χ2v) is 6.90. The summed E-state index contributed by atoms with van der Waals surface area (Å²) in [6, 6.07) is 10.8. The monoisotopic (exact) mass is 388 g/mol. The van der Waals surface area contributed by atoms with Crippen LogP contribution in [0.2, 0.25) is 0 Å². The van der Waals surface area contributed by atoms with Crippen LogP contribution in [0.5, 0.6) is 5.75 Å². The molecule has 1 aromatic carbocycles. The quantitative estimate of drug-likeness (QED) is 0.618. The zero-order chi connectivity index (χ0) is 18.4. The summed E-state index contributed by atoms with van der Waals surface area (Å²) in [6.07, 6.45) is 0. The molecule has 0 saturated heterocycles. The minimum atomic E-state index is -0.620. The van der Waals surface area contributed by atoms with Crippen molar-refractivity contribution >= 4 is 40.2 Å². The largest absolute Gasteiger partial charge is 0.494 e. The lowest BCUT2D eigenvalue weighted by Gasteiger charge is -2.07. The van der Waals surface area contributed by atoms with Crippen molar-refractivity contribution in [1.82, 2.24) is 4.98 Å². The fourth-order valence-electron chi connectivity index (χ4n) is 2.08. The Bertz CT molecular complexity index is 873. The van der Waals surface area contributed by atoms with Gasteiger partial charge in [-0.15, -0.1) is 22.7 Å². The summed E-state index contributed by atoms with van der Waals surface area (Å²) < 4.78 is 10.4. The third-order valence-corrected chi connectivity index (χ3v) is 5.11. The van der Waals surface area contributed by atoms with Gasteiger partial charge < -0.3 is 14.8 Å². The van der Waals surface area contributed by atoms with E-state index in [-0.39, 0.29) is 12.3 Å². The number of thiophene rings is 1. The van der Waals surface area contributed by atoms with Gasteiger partial charge in [0.25, 0.3) is 5.91 Å². The number of ether oxygens (including phenoxy) is 2. The van der Waals surface area contributed by atoms with Gasteiger partial charge in [0.2, 0.25) is 0 Å². The first-order valence-corrected chi connectivity index (χ1v) is 9.61. The van der Waals surface area contributed by atoms with Crippen LogP contribution in [0.1, 0.15) is 17.4 Å². The third kappa shape index (κ3) is 4.68. The normalized spacial score (nSPS) is 10.3. The molecule has 26 heavy (non-hydrogen) atoms.